The Morgan fingerprint density at radius 2 is 2.44 bits per heavy atom. The second-order valence-corrected chi connectivity index (χ2v) is 3.99. The topological polar surface area (TPSA) is 92.7 Å². The summed E-state index contributed by atoms with van der Waals surface area (Å²) in [5.41, 5.74) is 2.59. The Balaban J connectivity index is 2.44. The fourth-order valence-corrected chi connectivity index (χ4v) is 1.28. The molecule has 7 nitrogen and oxygen atoms in total. The lowest BCUT2D eigenvalue weighted by Crippen LogP contribution is -2.37. The van der Waals surface area contributed by atoms with Crippen molar-refractivity contribution in [2.24, 2.45) is 5.10 Å². The molecule has 0 aliphatic carbocycles. The van der Waals surface area contributed by atoms with E-state index < -0.39 is 4.92 Å². The summed E-state index contributed by atoms with van der Waals surface area (Å²) in [5.74, 6) is -0.0442. The predicted octanol–water partition coefficient (Wildman–Crippen LogP) is 1.78. The first-order chi connectivity index (χ1) is 8.52. The molecule has 1 aromatic rings. The zero-order valence-electron chi connectivity index (χ0n) is 10.0. The minimum Gasteiger partial charge on any atom is -0.400 e. The van der Waals surface area contributed by atoms with Gasteiger partial charge in [-0.1, -0.05) is 6.92 Å². The number of nitrogens with zero attached hydrogens (tertiary/aromatic N) is 2. The van der Waals surface area contributed by atoms with Crippen LogP contribution in [0.3, 0.4) is 0 Å². The molecule has 1 unspecified atom stereocenters. The summed E-state index contributed by atoms with van der Waals surface area (Å²) < 4.78 is 4.88. The quantitative estimate of drug-likeness (QED) is 0.367. The summed E-state index contributed by atoms with van der Waals surface area (Å²) >= 11 is 4.98. The first-order valence-electron chi connectivity index (χ1n) is 5.36. The number of nitrogens with one attached hydrogen (secondary N) is 2. The number of thiocarbonyl (C=S) groups is 1. The van der Waals surface area contributed by atoms with Crippen LogP contribution in [0.25, 0.3) is 0 Å². The highest BCUT2D eigenvalue weighted by Gasteiger charge is 2.10. The van der Waals surface area contributed by atoms with Crippen LogP contribution in [0.2, 0.25) is 0 Å². The molecule has 98 valence electrons. The van der Waals surface area contributed by atoms with Crippen molar-refractivity contribution in [2.45, 2.75) is 26.3 Å². The zero-order chi connectivity index (χ0) is 13.5. The Morgan fingerprint density at radius 1 is 1.72 bits per heavy atom. The Morgan fingerprint density at radius 3 is 3.00 bits per heavy atom. The zero-order valence-corrected chi connectivity index (χ0v) is 10.9. The maximum Gasteiger partial charge on any atom is 0.433 e. The number of nitro groups is 1. The van der Waals surface area contributed by atoms with Gasteiger partial charge in [0, 0.05) is 6.04 Å². The van der Waals surface area contributed by atoms with E-state index in [0.29, 0.717) is 5.11 Å². The van der Waals surface area contributed by atoms with Crippen LogP contribution >= 0.6 is 12.2 Å². The van der Waals surface area contributed by atoms with Crippen molar-refractivity contribution in [1.82, 2.24) is 10.7 Å². The third-order valence-electron chi connectivity index (χ3n) is 2.14. The summed E-state index contributed by atoms with van der Waals surface area (Å²) in [4.78, 5) is 9.76. The first kappa shape index (κ1) is 14.1. The van der Waals surface area contributed by atoms with E-state index in [2.05, 4.69) is 15.8 Å². The SMILES string of the molecule is CCC(C)NC(=S)N/N=C\c1ccc([N+](=O)[O-])o1. The Kier molecular flexibility index (Phi) is 5.25. The van der Waals surface area contributed by atoms with Crippen molar-refractivity contribution in [3.8, 4) is 0 Å². The Hall–Kier alpha value is -1.96. The second-order valence-electron chi connectivity index (χ2n) is 3.59. The van der Waals surface area contributed by atoms with Gasteiger partial charge in [-0.15, -0.1) is 0 Å². The molecule has 0 bridgehead atoms. The van der Waals surface area contributed by atoms with Crippen molar-refractivity contribution >= 4 is 29.4 Å². The van der Waals surface area contributed by atoms with Gasteiger partial charge in [0.25, 0.3) is 0 Å². The van der Waals surface area contributed by atoms with Crippen LogP contribution in [0, 0.1) is 10.1 Å². The fraction of sp³-hybridized carbons (Fsp3) is 0.400. The normalized spacial score (nSPS) is 12.3. The molecular weight excluding hydrogens is 256 g/mol. The van der Waals surface area contributed by atoms with Crippen LogP contribution in [0.4, 0.5) is 5.88 Å². The molecule has 1 atom stereocenters. The van der Waals surface area contributed by atoms with Gasteiger partial charge >= 0.3 is 5.88 Å². The van der Waals surface area contributed by atoms with Gasteiger partial charge in [-0.3, -0.25) is 15.5 Å². The summed E-state index contributed by atoms with van der Waals surface area (Å²) in [6.45, 7) is 4.03. The largest absolute Gasteiger partial charge is 0.433 e. The van der Waals surface area contributed by atoms with Gasteiger partial charge in [0.1, 0.15) is 4.92 Å². The molecule has 1 aromatic heterocycles. The molecule has 18 heavy (non-hydrogen) atoms. The molecule has 0 aromatic carbocycles. The van der Waals surface area contributed by atoms with E-state index in [1.807, 2.05) is 13.8 Å². The van der Waals surface area contributed by atoms with Gasteiger partial charge in [0.15, 0.2) is 10.9 Å². The maximum absolute atomic E-state index is 10.4. The van der Waals surface area contributed by atoms with Crippen molar-refractivity contribution < 1.29 is 9.34 Å². The van der Waals surface area contributed by atoms with E-state index in [9.17, 15) is 10.1 Å². The summed E-state index contributed by atoms with van der Waals surface area (Å²) in [5, 5.41) is 17.6. The summed E-state index contributed by atoms with van der Waals surface area (Å²) in [7, 11) is 0. The van der Waals surface area contributed by atoms with Crippen LogP contribution in [0.1, 0.15) is 26.0 Å². The number of hydrogen-bond acceptors (Lipinski definition) is 5. The van der Waals surface area contributed by atoms with E-state index >= 15 is 0 Å². The lowest BCUT2D eigenvalue weighted by molar-refractivity contribution is -0.402. The van der Waals surface area contributed by atoms with Gasteiger partial charge in [-0.05, 0) is 31.6 Å². The highest BCUT2D eigenvalue weighted by Crippen LogP contribution is 2.13. The Bertz CT molecular complexity index is 458. The van der Waals surface area contributed by atoms with Crippen molar-refractivity contribution in [3.63, 3.8) is 0 Å². The molecule has 0 saturated heterocycles. The molecular formula is C10H14N4O3S. The average molecular weight is 270 g/mol. The molecule has 0 radical (unpaired) electrons. The summed E-state index contributed by atoms with van der Waals surface area (Å²) in [6, 6.07) is 2.97. The average Bonchev–Trinajstić information content (AvgIpc) is 2.77. The van der Waals surface area contributed by atoms with Crippen LogP contribution in [0.15, 0.2) is 21.7 Å². The molecule has 1 rings (SSSR count). The maximum atomic E-state index is 10.4. The molecule has 0 amide bonds. The summed E-state index contributed by atoms with van der Waals surface area (Å²) in [6.07, 6.45) is 2.26. The van der Waals surface area contributed by atoms with E-state index in [0.717, 1.165) is 6.42 Å². The number of furan rings is 1. The van der Waals surface area contributed by atoms with Gasteiger partial charge < -0.3 is 9.73 Å². The minimum absolute atomic E-state index is 0.255. The van der Waals surface area contributed by atoms with E-state index in [1.165, 1.54) is 18.3 Å². The highest BCUT2D eigenvalue weighted by atomic mass is 32.1. The predicted molar refractivity (Wildman–Crippen MR) is 71.6 cm³/mol. The molecule has 2 N–H and O–H groups in total. The third kappa shape index (κ3) is 4.50. The molecule has 0 fully saturated rings. The Labute approximate surface area is 109 Å². The molecule has 8 heteroatoms. The molecule has 0 saturated carbocycles. The smallest absolute Gasteiger partial charge is 0.400 e. The fourth-order valence-electron chi connectivity index (χ4n) is 1.02. The van der Waals surface area contributed by atoms with Crippen LogP contribution in [0.5, 0.6) is 0 Å². The van der Waals surface area contributed by atoms with Crippen molar-refractivity contribution in [1.29, 1.82) is 0 Å². The van der Waals surface area contributed by atoms with Gasteiger partial charge in [0.05, 0.1) is 12.3 Å². The van der Waals surface area contributed by atoms with E-state index in [1.54, 1.807) is 0 Å². The van der Waals surface area contributed by atoms with Gasteiger partial charge in [0.2, 0.25) is 0 Å². The van der Waals surface area contributed by atoms with E-state index in [-0.39, 0.29) is 17.7 Å². The van der Waals surface area contributed by atoms with Crippen LogP contribution in [-0.2, 0) is 0 Å². The standard InChI is InChI=1S/C10H14N4O3S/c1-3-7(2)12-10(18)13-11-6-8-4-5-9(17-8)14(15)16/h4-7H,3H2,1-2H3,(H2,12,13,18)/b11-6-. The lowest BCUT2D eigenvalue weighted by Gasteiger charge is -2.12. The number of hydrogen-bond donors (Lipinski definition) is 2. The van der Waals surface area contributed by atoms with Crippen molar-refractivity contribution in [3.05, 3.63) is 28.0 Å². The molecule has 0 aliphatic rings. The lowest BCUT2D eigenvalue weighted by atomic mass is 10.3. The molecule has 1 heterocycles. The van der Waals surface area contributed by atoms with Crippen LogP contribution in [-0.4, -0.2) is 22.3 Å². The highest BCUT2D eigenvalue weighted by molar-refractivity contribution is 7.80. The second kappa shape index (κ2) is 6.70. The molecule has 0 spiro atoms. The number of hydrazone groups is 1. The van der Waals surface area contributed by atoms with Gasteiger partial charge in [-0.25, -0.2) is 0 Å². The minimum atomic E-state index is -0.611. The number of rotatable bonds is 5. The monoisotopic (exact) mass is 270 g/mol. The van der Waals surface area contributed by atoms with Crippen LogP contribution < -0.4 is 10.7 Å². The third-order valence-corrected chi connectivity index (χ3v) is 2.35. The van der Waals surface area contributed by atoms with E-state index in [4.69, 9.17) is 16.6 Å². The first-order valence-corrected chi connectivity index (χ1v) is 5.77. The van der Waals surface area contributed by atoms with Gasteiger partial charge in [-0.2, -0.15) is 5.10 Å². The molecule has 0 aliphatic heterocycles. The van der Waals surface area contributed by atoms with Crippen molar-refractivity contribution in [2.75, 3.05) is 0 Å².